The maximum Gasteiger partial charge on any atom is 0.230 e. The zero-order chi connectivity index (χ0) is 14.3. The average molecular weight is 330 g/mol. The van der Waals surface area contributed by atoms with Crippen LogP contribution >= 0.6 is 15.9 Å². The molecule has 0 saturated heterocycles. The predicted molar refractivity (Wildman–Crippen MR) is 82.9 cm³/mol. The Morgan fingerprint density at radius 2 is 1.95 bits per heavy atom. The summed E-state index contributed by atoms with van der Waals surface area (Å²) >= 11 is 3.34. The van der Waals surface area contributed by atoms with Crippen LogP contribution in [0.25, 0.3) is 11.0 Å². The largest absolute Gasteiger partial charge is 0.453 e. The van der Waals surface area contributed by atoms with Crippen molar-refractivity contribution in [3.63, 3.8) is 0 Å². The molecule has 2 aromatic carbocycles. The van der Waals surface area contributed by atoms with Crippen molar-refractivity contribution in [1.82, 2.24) is 0 Å². The molecule has 3 nitrogen and oxygen atoms in total. The van der Waals surface area contributed by atoms with Crippen molar-refractivity contribution in [1.29, 1.82) is 0 Å². The van der Waals surface area contributed by atoms with Gasteiger partial charge < -0.3 is 10.2 Å². The smallest absolute Gasteiger partial charge is 0.230 e. The zero-order valence-corrected chi connectivity index (χ0v) is 12.4. The van der Waals surface area contributed by atoms with Gasteiger partial charge in [-0.25, -0.2) is 0 Å². The molecule has 0 aliphatic heterocycles. The summed E-state index contributed by atoms with van der Waals surface area (Å²) in [5.74, 6) is 0.0908. The molecule has 0 radical (unpaired) electrons. The fourth-order valence-corrected chi connectivity index (χ4v) is 2.49. The molecule has 0 spiro atoms. The molecule has 0 aliphatic carbocycles. The minimum absolute atomic E-state index is 0.211. The van der Waals surface area contributed by atoms with E-state index in [2.05, 4.69) is 15.9 Å². The van der Waals surface area contributed by atoms with Crippen LogP contribution in [0.1, 0.15) is 21.7 Å². The first-order chi connectivity index (χ1) is 9.54. The molecule has 1 aromatic heterocycles. The molecule has 0 fully saturated rings. The van der Waals surface area contributed by atoms with Crippen LogP contribution in [-0.2, 0) is 0 Å². The lowest BCUT2D eigenvalue weighted by molar-refractivity contribution is 0.101. The molecule has 4 heteroatoms. The van der Waals surface area contributed by atoms with E-state index in [1.165, 1.54) is 0 Å². The highest BCUT2D eigenvalue weighted by molar-refractivity contribution is 9.10. The summed E-state index contributed by atoms with van der Waals surface area (Å²) in [4.78, 5) is 12.5. The first-order valence-corrected chi connectivity index (χ1v) is 6.94. The maximum absolute atomic E-state index is 12.5. The average Bonchev–Trinajstić information content (AvgIpc) is 2.83. The lowest BCUT2D eigenvalue weighted by Crippen LogP contribution is -2.04. The number of carbonyl (C=O) groups excluding carboxylic acids is 1. The van der Waals surface area contributed by atoms with Gasteiger partial charge in [0.25, 0.3) is 0 Å². The van der Waals surface area contributed by atoms with Gasteiger partial charge in [0.05, 0.1) is 0 Å². The third-order valence-corrected chi connectivity index (χ3v) is 3.65. The SMILES string of the molecule is Cc1ccc2oc(C(=O)c3cc(Br)ccc3N)cc2c1. The summed E-state index contributed by atoms with van der Waals surface area (Å²) in [6.45, 7) is 2.00. The van der Waals surface area contributed by atoms with Gasteiger partial charge in [-0.1, -0.05) is 27.6 Å². The highest BCUT2D eigenvalue weighted by atomic mass is 79.9. The van der Waals surface area contributed by atoms with Crippen molar-refractivity contribution in [2.45, 2.75) is 6.92 Å². The number of ketones is 1. The van der Waals surface area contributed by atoms with Gasteiger partial charge in [-0.05, 0) is 43.3 Å². The van der Waals surface area contributed by atoms with Crippen LogP contribution in [0, 0.1) is 6.92 Å². The van der Waals surface area contributed by atoms with Crippen molar-refractivity contribution >= 4 is 38.4 Å². The number of fused-ring (bicyclic) bond motifs is 1. The van der Waals surface area contributed by atoms with Crippen LogP contribution in [0.2, 0.25) is 0 Å². The Morgan fingerprint density at radius 1 is 1.15 bits per heavy atom. The van der Waals surface area contributed by atoms with Crippen LogP contribution in [0.4, 0.5) is 5.69 Å². The molecule has 0 saturated carbocycles. The normalized spacial score (nSPS) is 10.9. The number of halogens is 1. The molecule has 0 aliphatic rings. The Labute approximate surface area is 124 Å². The summed E-state index contributed by atoms with van der Waals surface area (Å²) in [7, 11) is 0. The number of aryl methyl sites for hydroxylation is 1. The summed E-state index contributed by atoms with van der Waals surface area (Å²) in [5.41, 5.74) is 8.57. The first-order valence-electron chi connectivity index (χ1n) is 6.14. The van der Waals surface area contributed by atoms with Crippen LogP contribution < -0.4 is 5.73 Å². The Kier molecular flexibility index (Phi) is 3.10. The Balaban J connectivity index is 2.10. The number of nitrogen functional groups attached to an aromatic ring is 1. The fourth-order valence-electron chi connectivity index (χ4n) is 2.13. The van der Waals surface area contributed by atoms with Gasteiger partial charge in [0, 0.05) is 21.1 Å². The van der Waals surface area contributed by atoms with Crippen molar-refractivity contribution < 1.29 is 9.21 Å². The van der Waals surface area contributed by atoms with E-state index in [-0.39, 0.29) is 5.78 Å². The van der Waals surface area contributed by atoms with E-state index in [9.17, 15) is 4.79 Å². The second-order valence-electron chi connectivity index (χ2n) is 4.71. The van der Waals surface area contributed by atoms with Crippen molar-refractivity contribution in [2.24, 2.45) is 0 Å². The Hall–Kier alpha value is -2.07. The molecule has 2 N–H and O–H groups in total. The molecule has 1 heterocycles. The maximum atomic E-state index is 12.5. The van der Waals surface area contributed by atoms with E-state index in [1.54, 1.807) is 24.3 Å². The van der Waals surface area contributed by atoms with E-state index >= 15 is 0 Å². The van der Waals surface area contributed by atoms with E-state index in [0.29, 0.717) is 22.6 Å². The van der Waals surface area contributed by atoms with Crippen LogP contribution in [0.3, 0.4) is 0 Å². The van der Waals surface area contributed by atoms with E-state index in [4.69, 9.17) is 10.2 Å². The van der Waals surface area contributed by atoms with Gasteiger partial charge in [-0.15, -0.1) is 0 Å². The van der Waals surface area contributed by atoms with Gasteiger partial charge in [0.15, 0.2) is 5.76 Å². The van der Waals surface area contributed by atoms with Gasteiger partial charge in [0.1, 0.15) is 5.58 Å². The molecule has 0 unspecified atom stereocenters. The second-order valence-corrected chi connectivity index (χ2v) is 5.63. The van der Waals surface area contributed by atoms with Gasteiger partial charge in [0.2, 0.25) is 5.78 Å². The molecule has 0 bridgehead atoms. The number of hydrogen-bond donors (Lipinski definition) is 1. The first kappa shape index (κ1) is 12.9. The lowest BCUT2D eigenvalue weighted by Gasteiger charge is -2.03. The Bertz CT molecular complexity index is 820. The quantitative estimate of drug-likeness (QED) is 0.562. The molecular formula is C16H12BrNO2. The third-order valence-electron chi connectivity index (χ3n) is 3.16. The molecule has 0 atom stereocenters. The highest BCUT2D eigenvalue weighted by Gasteiger charge is 2.17. The van der Waals surface area contributed by atoms with Crippen LogP contribution in [0.5, 0.6) is 0 Å². The molecule has 20 heavy (non-hydrogen) atoms. The molecular weight excluding hydrogens is 318 g/mol. The Morgan fingerprint density at radius 3 is 2.75 bits per heavy atom. The van der Waals surface area contributed by atoms with E-state index in [1.807, 2.05) is 25.1 Å². The summed E-state index contributed by atoms with van der Waals surface area (Å²) < 4.78 is 6.42. The number of benzene rings is 2. The minimum atomic E-state index is -0.211. The number of furan rings is 1. The number of nitrogens with two attached hydrogens (primary N) is 1. The number of anilines is 1. The second kappa shape index (κ2) is 4.80. The van der Waals surface area contributed by atoms with Crippen molar-refractivity contribution in [3.05, 3.63) is 63.8 Å². The zero-order valence-electron chi connectivity index (χ0n) is 10.8. The van der Waals surface area contributed by atoms with Crippen molar-refractivity contribution in [2.75, 3.05) is 5.73 Å². The van der Waals surface area contributed by atoms with Gasteiger partial charge in [-0.2, -0.15) is 0 Å². The van der Waals surface area contributed by atoms with Gasteiger partial charge >= 0.3 is 0 Å². The monoisotopic (exact) mass is 329 g/mol. The molecule has 100 valence electrons. The standard InChI is InChI=1S/C16H12BrNO2/c1-9-2-5-14-10(6-9)7-15(20-14)16(19)12-8-11(17)3-4-13(12)18/h2-8H,18H2,1H3. The topological polar surface area (TPSA) is 56.2 Å². The lowest BCUT2D eigenvalue weighted by atomic mass is 10.1. The molecule has 0 amide bonds. The van der Waals surface area contributed by atoms with Crippen LogP contribution in [-0.4, -0.2) is 5.78 Å². The summed E-state index contributed by atoms with van der Waals surface area (Å²) in [6.07, 6.45) is 0. The van der Waals surface area contributed by atoms with E-state index in [0.717, 1.165) is 15.4 Å². The highest BCUT2D eigenvalue weighted by Crippen LogP contribution is 2.26. The number of hydrogen-bond acceptors (Lipinski definition) is 3. The predicted octanol–water partition coefficient (Wildman–Crippen LogP) is 4.32. The van der Waals surface area contributed by atoms with Crippen molar-refractivity contribution in [3.8, 4) is 0 Å². The number of rotatable bonds is 2. The minimum Gasteiger partial charge on any atom is -0.453 e. The molecule has 3 rings (SSSR count). The fraction of sp³-hybridized carbons (Fsp3) is 0.0625. The summed E-state index contributed by atoms with van der Waals surface area (Å²) in [6, 6.07) is 12.8. The summed E-state index contributed by atoms with van der Waals surface area (Å²) in [5, 5.41) is 0.918. The van der Waals surface area contributed by atoms with Crippen LogP contribution in [0.15, 0.2) is 51.4 Å². The third kappa shape index (κ3) is 2.23. The number of carbonyl (C=O) groups is 1. The van der Waals surface area contributed by atoms with Gasteiger partial charge in [-0.3, -0.25) is 4.79 Å². The van der Waals surface area contributed by atoms with E-state index < -0.39 is 0 Å². The molecule has 3 aromatic rings.